The highest BCUT2D eigenvalue weighted by molar-refractivity contribution is 5.22. The zero-order chi connectivity index (χ0) is 14.3. The molecule has 0 aliphatic carbocycles. The van der Waals surface area contributed by atoms with E-state index < -0.39 is 0 Å². The average Bonchev–Trinajstić information content (AvgIpc) is 2.28. The highest BCUT2D eigenvalue weighted by Gasteiger charge is 2.08. The van der Waals surface area contributed by atoms with Gasteiger partial charge >= 0.3 is 0 Å². The summed E-state index contributed by atoms with van der Waals surface area (Å²) in [5, 5.41) is 3.48. The lowest BCUT2D eigenvalue weighted by Gasteiger charge is -2.18. The predicted molar refractivity (Wildman–Crippen MR) is 84.2 cm³/mol. The average molecular weight is 262 g/mol. The van der Waals surface area contributed by atoms with Crippen molar-refractivity contribution in [1.29, 1.82) is 0 Å². The molecule has 1 rings (SSSR count). The van der Waals surface area contributed by atoms with Crippen molar-refractivity contribution in [3.8, 4) is 0 Å². The molecule has 0 radical (unpaired) electrons. The maximum Gasteiger partial charge on any atom is 0.0205 e. The molecule has 0 aliphatic heterocycles. The van der Waals surface area contributed by atoms with Crippen LogP contribution in [-0.2, 0) is 13.0 Å². The van der Waals surface area contributed by atoms with Gasteiger partial charge in [-0.2, -0.15) is 0 Å². The molecule has 19 heavy (non-hydrogen) atoms. The number of nitrogens with two attached hydrogens (primary N) is 1. The van der Waals surface area contributed by atoms with Gasteiger partial charge in [-0.15, -0.1) is 0 Å². The molecule has 0 aromatic heterocycles. The first-order valence-corrected chi connectivity index (χ1v) is 7.44. The van der Waals surface area contributed by atoms with E-state index in [-0.39, 0.29) is 5.54 Å². The minimum Gasteiger partial charge on any atom is -0.326 e. The molecule has 0 aliphatic rings. The van der Waals surface area contributed by atoms with Crippen molar-refractivity contribution in [3.05, 3.63) is 35.4 Å². The van der Waals surface area contributed by atoms with E-state index in [1.807, 2.05) is 0 Å². The lowest BCUT2D eigenvalue weighted by atomic mass is 10.00. The van der Waals surface area contributed by atoms with Crippen LogP contribution in [0.3, 0.4) is 0 Å². The van der Waals surface area contributed by atoms with Gasteiger partial charge in [0.25, 0.3) is 0 Å². The summed E-state index contributed by atoms with van der Waals surface area (Å²) in [5.41, 5.74) is 8.71. The highest BCUT2D eigenvalue weighted by Crippen LogP contribution is 2.10. The topological polar surface area (TPSA) is 38.0 Å². The number of hydrogen-bond donors (Lipinski definition) is 2. The summed E-state index contributed by atoms with van der Waals surface area (Å²) < 4.78 is 0. The molecule has 0 spiro atoms. The maximum absolute atomic E-state index is 5.96. The fourth-order valence-corrected chi connectivity index (χ4v) is 2.17. The SMILES string of the molecule is CC(C)Cc1ccc(CNCCCC(C)(C)N)cc1. The minimum atomic E-state index is -0.0415. The fourth-order valence-electron chi connectivity index (χ4n) is 2.17. The second kappa shape index (κ2) is 7.66. The van der Waals surface area contributed by atoms with Crippen LogP contribution in [0.1, 0.15) is 51.7 Å². The van der Waals surface area contributed by atoms with E-state index in [1.165, 1.54) is 17.5 Å². The molecule has 108 valence electrons. The van der Waals surface area contributed by atoms with E-state index in [1.54, 1.807) is 0 Å². The Balaban J connectivity index is 2.23. The molecule has 0 atom stereocenters. The van der Waals surface area contributed by atoms with Crippen LogP contribution in [0.4, 0.5) is 0 Å². The standard InChI is InChI=1S/C17H30N2/c1-14(2)12-15-6-8-16(9-7-15)13-19-11-5-10-17(3,4)18/h6-9,14,19H,5,10-13,18H2,1-4H3. The molecule has 0 bridgehead atoms. The number of hydrogen-bond acceptors (Lipinski definition) is 2. The lowest BCUT2D eigenvalue weighted by Crippen LogP contribution is -2.32. The van der Waals surface area contributed by atoms with Gasteiger partial charge in [0, 0.05) is 12.1 Å². The first kappa shape index (κ1) is 16.2. The Hall–Kier alpha value is -0.860. The third kappa shape index (κ3) is 8.02. The summed E-state index contributed by atoms with van der Waals surface area (Å²) in [5.74, 6) is 0.726. The molecule has 0 amide bonds. The number of benzene rings is 1. The Labute approximate surface area is 118 Å². The maximum atomic E-state index is 5.96. The van der Waals surface area contributed by atoms with E-state index in [0.717, 1.165) is 31.8 Å². The van der Waals surface area contributed by atoms with Gasteiger partial charge in [0.1, 0.15) is 0 Å². The summed E-state index contributed by atoms with van der Waals surface area (Å²) in [7, 11) is 0. The Kier molecular flexibility index (Phi) is 6.53. The van der Waals surface area contributed by atoms with Crippen LogP contribution < -0.4 is 11.1 Å². The molecule has 1 aromatic carbocycles. The number of rotatable bonds is 8. The van der Waals surface area contributed by atoms with Crippen LogP contribution >= 0.6 is 0 Å². The van der Waals surface area contributed by atoms with Crippen LogP contribution in [-0.4, -0.2) is 12.1 Å². The largest absolute Gasteiger partial charge is 0.326 e. The van der Waals surface area contributed by atoms with E-state index in [2.05, 4.69) is 57.3 Å². The van der Waals surface area contributed by atoms with Gasteiger partial charge in [-0.3, -0.25) is 0 Å². The molecule has 0 heterocycles. The predicted octanol–water partition coefficient (Wildman–Crippen LogP) is 3.49. The minimum absolute atomic E-state index is 0.0415. The quantitative estimate of drug-likeness (QED) is 0.704. The fraction of sp³-hybridized carbons (Fsp3) is 0.647. The van der Waals surface area contributed by atoms with Crippen molar-refractivity contribution in [3.63, 3.8) is 0 Å². The molecule has 2 heteroatoms. The molecule has 1 aromatic rings. The van der Waals surface area contributed by atoms with Crippen LogP contribution in [0.25, 0.3) is 0 Å². The van der Waals surface area contributed by atoms with Gasteiger partial charge in [-0.1, -0.05) is 38.1 Å². The number of nitrogens with one attached hydrogen (secondary N) is 1. The van der Waals surface area contributed by atoms with Gasteiger partial charge in [-0.25, -0.2) is 0 Å². The Bertz CT molecular complexity index is 347. The van der Waals surface area contributed by atoms with Crippen LogP contribution in [0.5, 0.6) is 0 Å². The monoisotopic (exact) mass is 262 g/mol. The molecule has 0 saturated carbocycles. The first-order chi connectivity index (χ1) is 8.87. The van der Waals surface area contributed by atoms with E-state index >= 15 is 0 Å². The summed E-state index contributed by atoms with van der Waals surface area (Å²) in [4.78, 5) is 0. The Morgan fingerprint density at radius 3 is 2.21 bits per heavy atom. The summed E-state index contributed by atoms with van der Waals surface area (Å²) in [6.45, 7) is 10.7. The normalized spacial score (nSPS) is 12.1. The van der Waals surface area contributed by atoms with Gasteiger partial charge in [0.2, 0.25) is 0 Å². The molecule has 0 fully saturated rings. The molecule has 0 saturated heterocycles. The van der Waals surface area contributed by atoms with Crippen molar-refractivity contribution in [1.82, 2.24) is 5.32 Å². The smallest absolute Gasteiger partial charge is 0.0205 e. The van der Waals surface area contributed by atoms with E-state index in [9.17, 15) is 0 Å². The van der Waals surface area contributed by atoms with E-state index in [0.29, 0.717) is 0 Å². The third-order valence-corrected chi connectivity index (χ3v) is 3.17. The lowest BCUT2D eigenvalue weighted by molar-refractivity contribution is 0.448. The Morgan fingerprint density at radius 1 is 1.11 bits per heavy atom. The summed E-state index contributed by atoms with van der Waals surface area (Å²) in [6.07, 6.45) is 3.36. The highest BCUT2D eigenvalue weighted by atomic mass is 14.8. The zero-order valence-electron chi connectivity index (χ0n) is 13.0. The zero-order valence-corrected chi connectivity index (χ0v) is 13.0. The van der Waals surface area contributed by atoms with Crippen molar-refractivity contribution in [2.45, 2.75) is 59.0 Å². The summed E-state index contributed by atoms with van der Waals surface area (Å²) in [6, 6.07) is 8.97. The van der Waals surface area contributed by atoms with Crippen molar-refractivity contribution >= 4 is 0 Å². The van der Waals surface area contributed by atoms with Gasteiger partial charge < -0.3 is 11.1 Å². The van der Waals surface area contributed by atoms with Gasteiger partial charge in [0.05, 0.1) is 0 Å². The summed E-state index contributed by atoms with van der Waals surface area (Å²) >= 11 is 0. The van der Waals surface area contributed by atoms with Crippen molar-refractivity contribution < 1.29 is 0 Å². The third-order valence-electron chi connectivity index (χ3n) is 3.17. The van der Waals surface area contributed by atoms with Crippen molar-refractivity contribution in [2.24, 2.45) is 11.7 Å². The molecular weight excluding hydrogens is 232 g/mol. The van der Waals surface area contributed by atoms with Crippen molar-refractivity contribution in [2.75, 3.05) is 6.54 Å². The van der Waals surface area contributed by atoms with E-state index in [4.69, 9.17) is 5.73 Å². The van der Waals surface area contributed by atoms with Gasteiger partial charge in [-0.05, 0) is 56.7 Å². The van der Waals surface area contributed by atoms with Crippen LogP contribution in [0, 0.1) is 5.92 Å². The molecule has 2 nitrogen and oxygen atoms in total. The second-order valence-corrected chi connectivity index (χ2v) is 6.68. The molecule has 0 unspecified atom stereocenters. The molecule has 3 N–H and O–H groups in total. The first-order valence-electron chi connectivity index (χ1n) is 7.44. The Morgan fingerprint density at radius 2 is 1.68 bits per heavy atom. The second-order valence-electron chi connectivity index (χ2n) is 6.68. The van der Waals surface area contributed by atoms with Gasteiger partial charge in [0.15, 0.2) is 0 Å². The van der Waals surface area contributed by atoms with Crippen LogP contribution in [0.2, 0.25) is 0 Å². The van der Waals surface area contributed by atoms with Crippen LogP contribution in [0.15, 0.2) is 24.3 Å². The molecular formula is C17H30N2.